The van der Waals surface area contributed by atoms with Gasteiger partial charge in [0.2, 0.25) is 10.0 Å². The van der Waals surface area contributed by atoms with Crippen LogP contribution in [0.3, 0.4) is 0 Å². The van der Waals surface area contributed by atoms with Crippen LogP contribution in [0.15, 0.2) is 32.9 Å². The molecule has 1 aromatic carbocycles. The SMILES string of the molecule is O=S(=O)(c1ccc(S)c(S)c1)N1CCOCC1. The first-order chi connectivity index (χ1) is 8.01. The lowest BCUT2D eigenvalue weighted by molar-refractivity contribution is 0.0730. The lowest BCUT2D eigenvalue weighted by Gasteiger charge is -2.26. The number of rotatable bonds is 2. The van der Waals surface area contributed by atoms with Crippen LogP contribution >= 0.6 is 25.3 Å². The Kier molecular flexibility index (Phi) is 4.04. The third-order valence-corrected chi connectivity index (χ3v) is 5.39. The van der Waals surface area contributed by atoms with E-state index in [1.807, 2.05) is 0 Å². The lowest BCUT2D eigenvalue weighted by atomic mass is 10.4. The van der Waals surface area contributed by atoms with Gasteiger partial charge in [0, 0.05) is 22.9 Å². The first kappa shape index (κ1) is 13.2. The monoisotopic (exact) mass is 291 g/mol. The molecule has 0 saturated carbocycles. The van der Waals surface area contributed by atoms with Crippen LogP contribution in [0.4, 0.5) is 0 Å². The fraction of sp³-hybridized carbons (Fsp3) is 0.400. The normalized spacial score (nSPS) is 18.2. The van der Waals surface area contributed by atoms with Crippen LogP contribution in [0.5, 0.6) is 0 Å². The first-order valence-corrected chi connectivity index (χ1v) is 7.45. The molecule has 0 radical (unpaired) electrons. The molecule has 94 valence electrons. The predicted octanol–water partition coefficient (Wildman–Crippen LogP) is 1.28. The third kappa shape index (κ3) is 2.79. The number of benzene rings is 1. The molecule has 1 saturated heterocycles. The van der Waals surface area contributed by atoms with Crippen molar-refractivity contribution < 1.29 is 13.2 Å². The number of thiol groups is 2. The summed E-state index contributed by atoms with van der Waals surface area (Å²) in [5.74, 6) is 0. The molecule has 7 heteroatoms. The van der Waals surface area contributed by atoms with Crippen LogP contribution in [0.2, 0.25) is 0 Å². The second-order valence-corrected chi connectivity index (χ2v) is 6.57. The van der Waals surface area contributed by atoms with E-state index in [4.69, 9.17) is 4.74 Å². The van der Waals surface area contributed by atoms with Gasteiger partial charge in [0.1, 0.15) is 0 Å². The fourth-order valence-corrected chi connectivity index (χ4v) is 3.47. The van der Waals surface area contributed by atoms with Gasteiger partial charge >= 0.3 is 0 Å². The van der Waals surface area contributed by atoms with Crippen LogP contribution in [0, 0.1) is 0 Å². The van der Waals surface area contributed by atoms with Crippen LogP contribution in [0.1, 0.15) is 0 Å². The Labute approximate surface area is 112 Å². The maximum atomic E-state index is 12.3. The van der Waals surface area contributed by atoms with Gasteiger partial charge in [-0.25, -0.2) is 8.42 Å². The van der Waals surface area contributed by atoms with Crippen molar-refractivity contribution in [3.05, 3.63) is 18.2 Å². The minimum atomic E-state index is -3.43. The standard InChI is InChI=1S/C10H13NO3S3/c12-17(13,11-3-5-14-6-4-11)8-1-2-9(15)10(16)7-8/h1-2,7,15-16H,3-6H2. The smallest absolute Gasteiger partial charge is 0.243 e. The molecule has 0 aromatic heterocycles. The third-order valence-electron chi connectivity index (χ3n) is 2.55. The Morgan fingerprint density at radius 3 is 2.35 bits per heavy atom. The van der Waals surface area contributed by atoms with Crippen molar-refractivity contribution in [1.29, 1.82) is 0 Å². The Morgan fingerprint density at radius 2 is 1.76 bits per heavy atom. The largest absolute Gasteiger partial charge is 0.379 e. The molecule has 1 aromatic rings. The van der Waals surface area contributed by atoms with Crippen LogP contribution in [0.25, 0.3) is 0 Å². The van der Waals surface area contributed by atoms with Gasteiger partial charge < -0.3 is 4.74 Å². The molecule has 0 bridgehead atoms. The van der Waals surface area contributed by atoms with Crippen LogP contribution in [-0.4, -0.2) is 39.0 Å². The molecule has 17 heavy (non-hydrogen) atoms. The van der Waals surface area contributed by atoms with Gasteiger partial charge in [-0.05, 0) is 18.2 Å². The Morgan fingerprint density at radius 1 is 1.12 bits per heavy atom. The highest BCUT2D eigenvalue weighted by atomic mass is 32.2. The van der Waals surface area contributed by atoms with Crippen LogP contribution in [-0.2, 0) is 14.8 Å². The maximum absolute atomic E-state index is 12.3. The summed E-state index contributed by atoms with van der Waals surface area (Å²) in [7, 11) is -3.43. The van der Waals surface area contributed by atoms with Gasteiger partial charge in [-0.3, -0.25) is 0 Å². The molecule has 4 nitrogen and oxygen atoms in total. The highest BCUT2D eigenvalue weighted by Gasteiger charge is 2.26. The van der Waals surface area contributed by atoms with Crippen molar-refractivity contribution in [2.75, 3.05) is 26.3 Å². The average Bonchev–Trinajstić information content (AvgIpc) is 2.33. The summed E-state index contributed by atoms with van der Waals surface area (Å²) >= 11 is 8.34. The molecule has 1 fully saturated rings. The first-order valence-electron chi connectivity index (χ1n) is 5.12. The molecule has 0 amide bonds. The second-order valence-electron chi connectivity index (χ2n) is 3.67. The van der Waals surface area contributed by atoms with E-state index in [-0.39, 0.29) is 4.90 Å². The van der Waals surface area contributed by atoms with Crippen molar-refractivity contribution >= 4 is 35.3 Å². The number of ether oxygens (including phenoxy) is 1. The van der Waals surface area contributed by atoms with E-state index in [2.05, 4.69) is 25.3 Å². The summed E-state index contributed by atoms with van der Waals surface area (Å²) in [5.41, 5.74) is 0. The molecule has 2 rings (SSSR count). The molecular formula is C10H13NO3S3. The summed E-state index contributed by atoms with van der Waals surface area (Å²) in [4.78, 5) is 1.47. The van der Waals surface area contributed by atoms with Gasteiger partial charge in [-0.1, -0.05) is 0 Å². The Hall–Kier alpha value is -0.210. The van der Waals surface area contributed by atoms with Gasteiger partial charge in [0.05, 0.1) is 18.1 Å². The summed E-state index contributed by atoms with van der Waals surface area (Å²) in [5, 5.41) is 0. The van der Waals surface area contributed by atoms with E-state index in [1.54, 1.807) is 12.1 Å². The van der Waals surface area contributed by atoms with Crippen LogP contribution < -0.4 is 0 Å². The zero-order valence-electron chi connectivity index (χ0n) is 9.04. The summed E-state index contributed by atoms with van der Waals surface area (Å²) < 4.78 is 31.1. The molecule has 0 N–H and O–H groups in total. The quantitative estimate of drug-likeness (QED) is 0.807. The highest BCUT2D eigenvalue weighted by molar-refractivity contribution is 7.89. The Balaban J connectivity index is 2.33. The minimum absolute atomic E-state index is 0.252. The summed E-state index contributed by atoms with van der Waals surface area (Å²) in [6.07, 6.45) is 0. The molecular weight excluding hydrogens is 278 g/mol. The molecule has 1 aliphatic rings. The minimum Gasteiger partial charge on any atom is -0.379 e. The number of sulfonamides is 1. The van der Waals surface area contributed by atoms with Crippen molar-refractivity contribution in [3.63, 3.8) is 0 Å². The zero-order valence-corrected chi connectivity index (χ0v) is 11.6. The van der Waals surface area contributed by atoms with Gasteiger partial charge in [-0.2, -0.15) is 4.31 Å². The van der Waals surface area contributed by atoms with E-state index < -0.39 is 10.0 Å². The van der Waals surface area contributed by atoms with Gasteiger partial charge in [-0.15, -0.1) is 25.3 Å². The number of hydrogen-bond donors (Lipinski definition) is 2. The molecule has 0 aliphatic carbocycles. The fourth-order valence-electron chi connectivity index (χ4n) is 1.60. The average molecular weight is 291 g/mol. The highest BCUT2D eigenvalue weighted by Crippen LogP contribution is 2.24. The van der Waals surface area contributed by atoms with Crippen molar-refractivity contribution in [2.24, 2.45) is 0 Å². The summed E-state index contributed by atoms with van der Waals surface area (Å²) in [6, 6.07) is 4.71. The molecule has 1 heterocycles. The van der Waals surface area contributed by atoms with E-state index in [1.165, 1.54) is 10.4 Å². The van der Waals surface area contributed by atoms with E-state index in [9.17, 15) is 8.42 Å². The van der Waals surface area contributed by atoms with E-state index in [0.29, 0.717) is 36.1 Å². The second kappa shape index (κ2) is 5.19. The summed E-state index contributed by atoms with van der Waals surface area (Å²) in [6.45, 7) is 1.68. The lowest BCUT2D eigenvalue weighted by Crippen LogP contribution is -2.40. The molecule has 0 spiro atoms. The van der Waals surface area contributed by atoms with Gasteiger partial charge in [0.15, 0.2) is 0 Å². The molecule has 1 aliphatic heterocycles. The maximum Gasteiger partial charge on any atom is 0.243 e. The zero-order chi connectivity index (χ0) is 12.5. The number of nitrogens with zero attached hydrogens (tertiary/aromatic N) is 1. The van der Waals surface area contributed by atoms with Crippen molar-refractivity contribution in [2.45, 2.75) is 14.7 Å². The topological polar surface area (TPSA) is 46.6 Å². The number of morpholine rings is 1. The predicted molar refractivity (Wildman–Crippen MR) is 70.5 cm³/mol. The van der Waals surface area contributed by atoms with E-state index >= 15 is 0 Å². The molecule has 0 atom stereocenters. The molecule has 0 unspecified atom stereocenters. The van der Waals surface area contributed by atoms with Gasteiger partial charge in [0.25, 0.3) is 0 Å². The Bertz CT molecular complexity index is 510. The van der Waals surface area contributed by atoms with Crippen molar-refractivity contribution in [1.82, 2.24) is 4.31 Å². The van der Waals surface area contributed by atoms with E-state index in [0.717, 1.165) is 0 Å². The number of hydrogen-bond acceptors (Lipinski definition) is 5. The van der Waals surface area contributed by atoms with Crippen molar-refractivity contribution in [3.8, 4) is 0 Å².